The van der Waals surface area contributed by atoms with Gasteiger partial charge in [-0.25, -0.2) is 0 Å². The van der Waals surface area contributed by atoms with Crippen LogP contribution in [0.25, 0.3) is 0 Å². The van der Waals surface area contributed by atoms with E-state index in [1.807, 2.05) is 0 Å². The highest BCUT2D eigenvalue weighted by Gasteiger charge is 2.19. The van der Waals surface area contributed by atoms with Gasteiger partial charge in [-0.2, -0.15) is 0 Å². The van der Waals surface area contributed by atoms with E-state index < -0.39 is 6.10 Å². The third-order valence-corrected chi connectivity index (χ3v) is 11.6. The van der Waals surface area contributed by atoms with Crippen molar-refractivity contribution in [2.75, 3.05) is 13.2 Å². The number of esters is 3. The molecule has 0 aliphatic rings. The SMILES string of the molecule is CC/C=C\C/C=C\C/C=C\C/C=C\CCCCC(=O)OC(COC(=O)CCCCC/C=C\C/C=C\C/C=C\CC)COC(=O)CCCCCCCCCCCCCCCCCCCCCC. The Kier molecular flexibility index (Phi) is 51.4. The zero-order valence-electron chi connectivity index (χ0n) is 43.2. The molecule has 0 radical (unpaired) electrons. The fourth-order valence-corrected chi connectivity index (χ4v) is 7.57. The van der Waals surface area contributed by atoms with Crippen molar-refractivity contribution < 1.29 is 28.6 Å². The Labute approximate surface area is 407 Å². The van der Waals surface area contributed by atoms with E-state index in [0.717, 1.165) is 103 Å². The number of ether oxygens (including phenoxy) is 3. The summed E-state index contributed by atoms with van der Waals surface area (Å²) < 4.78 is 16.8. The predicted octanol–water partition coefficient (Wildman–Crippen LogP) is 18.4. The smallest absolute Gasteiger partial charge is 0.306 e. The molecule has 6 heteroatoms. The number of allylic oxidation sites excluding steroid dienone is 14. The maximum absolute atomic E-state index is 12.8. The van der Waals surface area contributed by atoms with E-state index in [-0.39, 0.29) is 37.5 Å². The maximum atomic E-state index is 12.8. The molecular formula is C60H102O6. The Morgan fingerprint density at radius 2 is 0.591 bits per heavy atom. The number of hydrogen-bond donors (Lipinski definition) is 0. The van der Waals surface area contributed by atoms with Crippen LogP contribution in [-0.2, 0) is 28.6 Å². The summed E-state index contributed by atoms with van der Waals surface area (Å²) in [6.45, 7) is 6.36. The van der Waals surface area contributed by atoms with E-state index >= 15 is 0 Å². The molecule has 0 aromatic rings. The Hall–Kier alpha value is -3.41. The maximum Gasteiger partial charge on any atom is 0.306 e. The number of carbonyl (C=O) groups is 3. The highest BCUT2D eigenvalue weighted by atomic mass is 16.6. The first-order chi connectivity index (χ1) is 32.5. The average Bonchev–Trinajstić information content (AvgIpc) is 3.31. The zero-order chi connectivity index (χ0) is 47.9. The Morgan fingerprint density at radius 1 is 0.318 bits per heavy atom. The first-order valence-electron chi connectivity index (χ1n) is 27.6. The highest BCUT2D eigenvalue weighted by Crippen LogP contribution is 2.16. The van der Waals surface area contributed by atoms with Gasteiger partial charge in [-0.15, -0.1) is 0 Å². The molecule has 1 atom stereocenters. The van der Waals surface area contributed by atoms with Crippen molar-refractivity contribution in [3.63, 3.8) is 0 Å². The molecule has 0 rings (SSSR count). The van der Waals surface area contributed by atoms with Crippen LogP contribution in [0.15, 0.2) is 85.1 Å². The molecule has 0 saturated heterocycles. The molecular weight excluding hydrogens is 817 g/mol. The van der Waals surface area contributed by atoms with E-state index in [2.05, 4.69) is 106 Å². The molecule has 0 saturated carbocycles. The summed E-state index contributed by atoms with van der Waals surface area (Å²) in [5, 5.41) is 0. The van der Waals surface area contributed by atoms with Gasteiger partial charge in [-0.1, -0.05) is 234 Å². The van der Waals surface area contributed by atoms with Gasteiger partial charge in [-0.05, 0) is 89.9 Å². The largest absolute Gasteiger partial charge is 0.462 e. The monoisotopic (exact) mass is 919 g/mol. The third kappa shape index (κ3) is 51.6. The van der Waals surface area contributed by atoms with Crippen molar-refractivity contribution in [1.82, 2.24) is 0 Å². The van der Waals surface area contributed by atoms with Gasteiger partial charge in [0.2, 0.25) is 0 Å². The summed E-state index contributed by atoms with van der Waals surface area (Å²) >= 11 is 0. The second-order valence-corrected chi connectivity index (χ2v) is 18.1. The summed E-state index contributed by atoms with van der Waals surface area (Å²) in [7, 11) is 0. The molecule has 66 heavy (non-hydrogen) atoms. The van der Waals surface area contributed by atoms with Crippen molar-refractivity contribution in [3.8, 4) is 0 Å². The van der Waals surface area contributed by atoms with E-state index in [4.69, 9.17) is 14.2 Å². The minimum absolute atomic E-state index is 0.101. The average molecular weight is 919 g/mol. The van der Waals surface area contributed by atoms with Gasteiger partial charge in [0.25, 0.3) is 0 Å². The van der Waals surface area contributed by atoms with Crippen LogP contribution in [0.4, 0.5) is 0 Å². The number of hydrogen-bond acceptors (Lipinski definition) is 6. The number of rotatable bonds is 49. The number of unbranched alkanes of at least 4 members (excludes halogenated alkanes) is 24. The first kappa shape index (κ1) is 62.6. The van der Waals surface area contributed by atoms with Gasteiger partial charge in [0.1, 0.15) is 13.2 Å². The molecule has 0 bridgehead atoms. The van der Waals surface area contributed by atoms with Gasteiger partial charge in [-0.3, -0.25) is 14.4 Å². The van der Waals surface area contributed by atoms with E-state index in [1.165, 1.54) is 109 Å². The normalized spacial score (nSPS) is 12.7. The molecule has 0 aliphatic heterocycles. The van der Waals surface area contributed by atoms with Crippen molar-refractivity contribution >= 4 is 17.9 Å². The fraction of sp³-hybridized carbons (Fsp3) is 0.717. The van der Waals surface area contributed by atoms with Crippen molar-refractivity contribution in [2.24, 2.45) is 0 Å². The molecule has 0 fully saturated rings. The highest BCUT2D eigenvalue weighted by molar-refractivity contribution is 5.71. The topological polar surface area (TPSA) is 78.9 Å². The Bertz CT molecular complexity index is 1290. The third-order valence-electron chi connectivity index (χ3n) is 11.6. The Balaban J connectivity index is 4.40. The fourth-order valence-electron chi connectivity index (χ4n) is 7.57. The Morgan fingerprint density at radius 3 is 0.955 bits per heavy atom. The van der Waals surface area contributed by atoms with Crippen LogP contribution >= 0.6 is 0 Å². The zero-order valence-corrected chi connectivity index (χ0v) is 43.2. The second kappa shape index (κ2) is 54.2. The van der Waals surface area contributed by atoms with Gasteiger partial charge < -0.3 is 14.2 Å². The summed E-state index contributed by atoms with van der Waals surface area (Å²) in [6.07, 6.45) is 70.1. The predicted molar refractivity (Wildman–Crippen MR) is 284 cm³/mol. The standard InChI is InChI=1S/C60H102O6/c1-4-7-10-13-16-19-22-25-27-28-29-30-31-33-35-38-41-44-47-50-53-59(62)65-56-57(55-64-58(61)52-49-46-43-40-37-34-24-21-18-15-12-9-6-3)66-60(63)54-51-48-45-42-39-36-32-26-23-20-17-14-11-8-5-2/h8-9,11-12,17-18,20-21,26,32,34,37,39,42,57H,4-7,10,13-16,19,22-25,27-31,33,35-36,38,40-41,43-56H2,1-3H3/b11-8-,12-9-,20-17-,21-18-,32-26-,37-34-,42-39-. The first-order valence-corrected chi connectivity index (χ1v) is 27.6. The van der Waals surface area contributed by atoms with Crippen LogP contribution in [0, 0.1) is 0 Å². The van der Waals surface area contributed by atoms with Crippen LogP contribution in [0.3, 0.4) is 0 Å². The molecule has 1 unspecified atom stereocenters. The van der Waals surface area contributed by atoms with Crippen LogP contribution < -0.4 is 0 Å². The van der Waals surface area contributed by atoms with Crippen LogP contribution in [0.2, 0.25) is 0 Å². The molecule has 0 aromatic carbocycles. The molecule has 0 aliphatic carbocycles. The lowest BCUT2D eigenvalue weighted by atomic mass is 10.0. The summed E-state index contributed by atoms with van der Waals surface area (Å²) in [5.74, 6) is -0.970. The van der Waals surface area contributed by atoms with Gasteiger partial charge >= 0.3 is 17.9 Å². The second-order valence-electron chi connectivity index (χ2n) is 18.1. The lowest BCUT2D eigenvalue weighted by Gasteiger charge is -2.18. The molecule has 0 amide bonds. The van der Waals surface area contributed by atoms with Crippen LogP contribution in [0.5, 0.6) is 0 Å². The summed E-state index contributed by atoms with van der Waals surface area (Å²) in [4.78, 5) is 38.0. The van der Waals surface area contributed by atoms with E-state index in [0.29, 0.717) is 19.3 Å². The molecule has 0 aromatic heterocycles. The van der Waals surface area contributed by atoms with Crippen molar-refractivity contribution in [2.45, 2.75) is 264 Å². The van der Waals surface area contributed by atoms with Crippen LogP contribution in [0.1, 0.15) is 258 Å². The van der Waals surface area contributed by atoms with Gasteiger partial charge in [0.05, 0.1) is 0 Å². The van der Waals surface area contributed by atoms with Crippen LogP contribution in [-0.4, -0.2) is 37.2 Å². The van der Waals surface area contributed by atoms with Crippen molar-refractivity contribution in [3.05, 3.63) is 85.1 Å². The van der Waals surface area contributed by atoms with Gasteiger partial charge in [0.15, 0.2) is 6.10 Å². The molecule has 378 valence electrons. The quantitative estimate of drug-likeness (QED) is 0.0262. The molecule has 6 nitrogen and oxygen atoms in total. The lowest BCUT2D eigenvalue weighted by Crippen LogP contribution is -2.30. The van der Waals surface area contributed by atoms with Crippen molar-refractivity contribution in [1.29, 1.82) is 0 Å². The van der Waals surface area contributed by atoms with Gasteiger partial charge in [0, 0.05) is 19.3 Å². The minimum Gasteiger partial charge on any atom is -0.462 e. The molecule has 0 spiro atoms. The molecule has 0 N–H and O–H groups in total. The summed E-state index contributed by atoms with van der Waals surface area (Å²) in [5.41, 5.74) is 0. The lowest BCUT2D eigenvalue weighted by molar-refractivity contribution is -0.167. The summed E-state index contributed by atoms with van der Waals surface area (Å²) in [6, 6.07) is 0. The van der Waals surface area contributed by atoms with E-state index in [1.54, 1.807) is 0 Å². The number of carbonyl (C=O) groups excluding carboxylic acids is 3. The minimum atomic E-state index is -0.809. The van der Waals surface area contributed by atoms with E-state index in [9.17, 15) is 14.4 Å². The molecule has 0 heterocycles.